The average Bonchev–Trinajstić information content (AvgIpc) is 2.68. The Bertz CT molecular complexity index is 624. The zero-order valence-corrected chi connectivity index (χ0v) is 8.86. The van der Waals surface area contributed by atoms with Gasteiger partial charge in [0.25, 0.3) is 17.5 Å². The van der Waals surface area contributed by atoms with Gasteiger partial charge in [-0.2, -0.15) is 5.26 Å². The van der Waals surface area contributed by atoms with Gasteiger partial charge in [-0.15, -0.1) is 0 Å². The number of anilines is 1. The van der Waals surface area contributed by atoms with Crippen molar-refractivity contribution in [1.29, 1.82) is 5.26 Å². The topological polar surface area (TPSA) is 104 Å². The largest absolute Gasteiger partial charge is 0.270 e. The molecule has 88 valence electrons. The number of nitro groups is 1. The van der Waals surface area contributed by atoms with E-state index in [1.807, 2.05) is 0 Å². The Balaban J connectivity index is 2.53. The smallest absolute Gasteiger partial charge is 0.269 e. The predicted molar refractivity (Wildman–Crippen MR) is 59.4 cm³/mol. The highest BCUT2D eigenvalue weighted by atomic mass is 16.6. The second-order valence-corrected chi connectivity index (χ2v) is 3.42. The minimum absolute atomic E-state index is 0.0445. The van der Waals surface area contributed by atoms with Crippen LogP contribution in [-0.4, -0.2) is 16.7 Å². The molecule has 7 heteroatoms. The Morgan fingerprint density at radius 1 is 1.22 bits per heavy atom. The first-order chi connectivity index (χ1) is 8.54. The van der Waals surface area contributed by atoms with Gasteiger partial charge in [-0.05, 0) is 6.07 Å². The second kappa shape index (κ2) is 4.10. The molecule has 7 nitrogen and oxygen atoms in total. The van der Waals surface area contributed by atoms with Gasteiger partial charge in [0.05, 0.1) is 16.2 Å². The average molecular weight is 243 g/mol. The van der Waals surface area contributed by atoms with Crippen LogP contribution < -0.4 is 4.90 Å². The highest BCUT2D eigenvalue weighted by Gasteiger charge is 2.28. The van der Waals surface area contributed by atoms with Crippen LogP contribution in [0.25, 0.3) is 0 Å². The summed E-state index contributed by atoms with van der Waals surface area (Å²) in [5.74, 6) is -1.16. The number of rotatable bonds is 2. The highest BCUT2D eigenvalue weighted by molar-refractivity contribution is 6.28. The molecule has 0 spiro atoms. The second-order valence-electron chi connectivity index (χ2n) is 3.42. The Kier molecular flexibility index (Phi) is 2.61. The third-order valence-corrected chi connectivity index (χ3v) is 2.36. The number of hydrogen-bond acceptors (Lipinski definition) is 5. The fraction of sp³-hybridized carbons (Fsp3) is 0. The van der Waals surface area contributed by atoms with Gasteiger partial charge >= 0.3 is 0 Å². The van der Waals surface area contributed by atoms with E-state index in [2.05, 4.69) is 0 Å². The van der Waals surface area contributed by atoms with Crippen LogP contribution in [-0.2, 0) is 9.59 Å². The zero-order valence-electron chi connectivity index (χ0n) is 8.86. The number of benzene rings is 1. The van der Waals surface area contributed by atoms with Crippen LogP contribution in [0.4, 0.5) is 11.4 Å². The van der Waals surface area contributed by atoms with Crippen molar-refractivity contribution >= 4 is 23.2 Å². The van der Waals surface area contributed by atoms with E-state index >= 15 is 0 Å². The van der Waals surface area contributed by atoms with E-state index in [4.69, 9.17) is 5.26 Å². The molecule has 0 saturated carbocycles. The van der Waals surface area contributed by atoms with E-state index in [0.717, 1.165) is 29.2 Å². The molecule has 2 rings (SSSR count). The summed E-state index contributed by atoms with van der Waals surface area (Å²) < 4.78 is 0. The van der Waals surface area contributed by atoms with Gasteiger partial charge in [-0.3, -0.25) is 19.7 Å². The fourth-order valence-corrected chi connectivity index (χ4v) is 1.56. The van der Waals surface area contributed by atoms with Crippen LogP contribution in [0.3, 0.4) is 0 Å². The molecule has 1 aliphatic rings. The van der Waals surface area contributed by atoms with Crippen molar-refractivity contribution in [3.8, 4) is 6.07 Å². The lowest BCUT2D eigenvalue weighted by molar-refractivity contribution is -0.384. The third-order valence-electron chi connectivity index (χ3n) is 2.36. The number of non-ortho nitro benzene ring substituents is 1. The Morgan fingerprint density at radius 2 is 1.83 bits per heavy atom. The fourth-order valence-electron chi connectivity index (χ4n) is 1.56. The molecule has 0 fully saturated rings. The number of carbonyl (C=O) groups excluding carboxylic acids is 2. The van der Waals surface area contributed by atoms with Crippen LogP contribution in [0.5, 0.6) is 0 Å². The standard InChI is InChI=1S/C11H5N3O4/c12-6-7-5-8(14(17)18)1-2-9(7)13-10(15)3-4-11(13)16/h1-5H. The van der Waals surface area contributed by atoms with Crippen molar-refractivity contribution in [2.24, 2.45) is 0 Å². The Morgan fingerprint density at radius 3 is 2.33 bits per heavy atom. The minimum atomic E-state index is -0.656. The molecule has 1 heterocycles. The molecule has 2 amide bonds. The van der Waals surface area contributed by atoms with Gasteiger partial charge in [-0.25, -0.2) is 4.90 Å². The number of hydrogen-bond donors (Lipinski definition) is 0. The van der Waals surface area contributed by atoms with Crippen molar-refractivity contribution in [2.45, 2.75) is 0 Å². The molecule has 0 bridgehead atoms. The van der Waals surface area contributed by atoms with Gasteiger partial charge in [0.1, 0.15) is 6.07 Å². The first-order valence-electron chi connectivity index (χ1n) is 4.79. The van der Waals surface area contributed by atoms with E-state index in [9.17, 15) is 19.7 Å². The highest BCUT2D eigenvalue weighted by Crippen LogP contribution is 2.27. The molecule has 1 aromatic carbocycles. The van der Waals surface area contributed by atoms with Gasteiger partial charge in [0.15, 0.2) is 0 Å². The Hall–Kier alpha value is -3.01. The van der Waals surface area contributed by atoms with Crippen molar-refractivity contribution in [2.75, 3.05) is 4.90 Å². The summed E-state index contributed by atoms with van der Waals surface area (Å²) in [5, 5.41) is 19.5. The molecule has 0 saturated heterocycles. The number of carbonyl (C=O) groups is 2. The summed E-state index contributed by atoms with van der Waals surface area (Å²) in [6.45, 7) is 0. The monoisotopic (exact) mass is 243 g/mol. The molecule has 1 aromatic rings. The molecule has 0 radical (unpaired) electrons. The lowest BCUT2D eigenvalue weighted by Gasteiger charge is -2.14. The van der Waals surface area contributed by atoms with Crippen molar-refractivity contribution < 1.29 is 14.5 Å². The van der Waals surface area contributed by atoms with E-state index < -0.39 is 16.7 Å². The van der Waals surface area contributed by atoms with Gasteiger partial charge in [0, 0.05) is 24.3 Å². The first kappa shape index (κ1) is 11.5. The summed E-state index contributed by atoms with van der Waals surface area (Å²) in [6.07, 6.45) is 2.15. The van der Waals surface area contributed by atoms with Crippen LogP contribution >= 0.6 is 0 Å². The van der Waals surface area contributed by atoms with Crippen LogP contribution in [0.1, 0.15) is 5.56 Å². The number of amides is 2. The van der Waals surface area contributed by atoms with Crippen LogP contribution in [0, 0.1) is 21.4 Å². The predicted octanol–water partition coefficient (Wildman–Crippen LogP) is 0.896. The van der Waals surface area contributed by atoms with Crippen molar-refractivity contribution in [3.63, 3.8) is 0 Å². The lowest BCUT2D eigenvalue weighted by atomic mass is 10.1. The normalized spacial score (nSPS) is 13.8. The molecule has 1 aliphatic heterocycles. The molecule has 0 aromatic heterocycles. The molecule has 18 heavy (non-hydrogen) atoms. The van der Waals surface area contributed by atoms with E-state index in [-0.39, 0.29) is 16.9 Å². The lowest BCUT2D eigenvalue weighted by Crippen LogP contribution is -2.30. The Labute approximate surface area is 101 Å². The molecule has 0 aliphatic carbocycles. The summed E-state index contributed by atoms with van der Waals surface area (Å²) in [5.41, 5.74) is -0.333. The van der Waals surface area contributed by atoms with E-state index in [1.54, 1.807) is 6.07 Å². The summed E-state index contributed by atoms with van der Waals surface area (Å²) in [7, 11) is 0. The minimum Gasteiger partial charge on any atom is -0.269 e. The first-order valence-corrected chi connectivity index (χ1v) is 4.79. The van der Waals surface area contributed by atoms with Crippen molar-refractivity contribution in [3.05, 3.63) is 46.0 Å². The number of imide groups is 1. The summed E-state index contributed by atoms with van der Waals surface area (Å²) in [4.78, 5) is 33.6. The van der Waals surface area contributed by atoms with Gasteiger partial charge in [0.2, 0.25) is 0 Å². The molecule has 0 atom stereocenters. The number of nitro benzene ring substituents is 1. The molecular formula is C11H5N3O4. The zero-order chi connectivity index (χ0) is 13.3. The summed E-state index contributed by atoms with van der Waals surface area (Å²) >= 11 is 0. The van der Waals surface area contributed by atoms with Crippen molar-refractivity contribution in [1.82, 2.24) is 0 Å². The van der Waals surface area contributed by atoms with Gasteiger partial charge in [-0.1, -0.05) is 0 Å². The maximum Gasteiger partial charge on any atom is 0.270 e. The van der Waals surface area contributed by atoms with Gasteiger partial charge < -0.3 is 0 Å². The van der Waals surface area contributed by atoms with Crippen LogP contribution in [0.15, 0.2) is 30.4 Å². The number of nitriles is 1. The SMILES string of the molecule is N#Cc1cc([N+](=O)[O-])ccc1N1C(=O)C=CC1=O. The third kappa shape index (κ3) is 1.72. The maximum atomic E-state index is 11.4. The molecular weight excluding hydrogens is 238 g/mol. The quantitative estimate of drug-likeness (QED) is 0.436. The van der Waals surface area contributed by atoms with E-state index in [0.29, 0.717) is 0 Å². The maximum absolute atomic E-state index is 11.4. The van der Waals surface area contributed by atoms with E-state index in [1.165, 1.54) is 6.07 Å². The van der Waals surface area contributed by atoms with Crippen LogP contribution in [0.2, 0.25) is 0 Å². The molecule has 0 unspecified atom stereocenters. The molecule has 0 N–H and O–H groups in total. The summed E-state index contributed by atoms with van der Waals surface area (Å²) in [6, 6.07) is 5.09. The number of nitrogens with zero attached hydrogens (tertiary/aromatic N) is 3.